The lowest BCUT2D eigenvalue weighted by Crippen LogP contribution is -2.12. The van der Waals surface area contributed by atoms with E-state index in [4.69, 9.17) is 23.2 Å². The van der Waals surface area contributed by atoms with E-state index < -0.39 is 0 Å². The summed E-state index contributed by atoms with van der Waals surface area (Å²) in [6.07, 6.45) is 0. The molecule has 0 aliphatic carbocycles. The van der Waals surface area contributed by atoms with Crippen LogP contribution in [-0.2, 0) is 6.54 Å². The zero-order valence-corrected chi connectivity index (χ0v) is 10.3. The molecule has 2 aromatic rings. The number of nitrogens with two attached hydrogens (primary N) is 2. The van der Waals surface area contributed by atoms with Gasteiger partial charge in [0.05, 0.1) is 0 Å². The minimum Gasteiger partial charge on any atom is -0.368 e. The summed E-state index contributed by atoms with van der Waals surface area (Å²) in [5, 5.41) is 3.81. The highest BCUT2D eigenvalue weighted by atomic mass is 35.5. The molecule has 0 unspecified atom stereocenters. The Morgan fingerprint density at radius 2 is 1.94 bits per heavy atom. The third-order valence-corrected chi connectivity index (χ3v) is 2.49. The maximum atomic E-state index is 5.90. The maximum absolute atomic E-state index is 5.90. The molecule has 0 aliphatic heterocycles. The fourth-order valence-electron chi connectivity index (χ4n) is 1.47. The monoisotopic (exact) mass is 264 g/mol. The Morgan fingerprint density at radius 3 is 2.67 bits per heavy atom. The number of nitrogens with one attached hydrogen (secondary N) is 2. The topological polar surface area (TPSA) is 102 Å². The van der Waals surface area contributed by atoms with Crippen LogP contribution in [0.3, 0.4) is 0 Å². The summed E-state index contributed by atoms with van der Waals surface area (Å²) in [7, 11) is 0. The summed E-state index contributed by atoms with van der Waals surface area (Å²) < 4.78 is 0. The Labute approximate surface area is 109 Å². The minimum absolute atomic E-state index is 0.152. The first-order valence-electron chi connectivity index (χ1n) is 5.27. The van der Waals surface area contributed by atoms with Crippen LogP contribution in [0.1, 0.15) is 5.56 Å². The fraction of sp³-hybridized carbons (Fsp3) is 0.0909. The Hall–Kier alpha value is -2.05. The van der Waals surface area contributed by atoms with Crippen LogP contribution >= 0.6 is 11.6 Å². The maximum Gasteiger partial charge on any atom is 0.223 e. The number of benzene rings is 1. The molecule has 0 aliphatic rings. The summed E-state index contributed by atoms with van der Waals surface area (Å²) in [5.74, 6) is 6.47. The average Bonchev–Trinajstić information content (AvgIpc) is 2.36. The highest BCUT2D eigenvalue weighted by Crippen LogP contribution is 2.14. The SMILES string of the molecule is NNc1cc(NCc2cccc(Cl)c2)nc(N)n1. The van der Waals surface area contributed by atoms with Gasteiger partial charge in [0.2, 0.25) is 5.95 Å². The van der Waals surface area contributed by atoms with E-state index in [2.05, 4.69) is 20.7 Å². The lowest BCUT2D eigenvalue weighted by molar-refractivity contribution is 1.08. The van der Waals surface area contributed by atoms with Gasteiger partial charge in [-0.2, -0.15) is 9.97 Å². The van der Waals surface area contributed by atoms with E-state index >= 15 is 0 Å². The first-order valence-corrected chi connectivity index (χ1v) is 5.64. The lowest BCUT2D eigenvalue weighted by atomic mass is 10.2. The molecule has 0 atom stereocenters. The van der Waals surface area contributed by atoms with Crippen LogP contribution in [0.25, 0.3) is 0 Å². The fourth-order valence-corrected chi connectivity index (χ4v) is 1.68. The van der Waals surface area contributed by atoms with Crippen molar-refractivity contribution < 1.29 is 0 Å². The molecule has 6 N–H and O–H groups in total. The van der Waals surface area contributed by atoms with E-state index in [0.29, 0.717) is 23.2 Å². The quantitative estimate of drug-likeness (QED) is 0.494. The van der Waals surface area contributed by atoms with Crippen molar-refractivity contribution in [3.05, 3.63) is 40.9 Å². The van der Waals surface area contributed by atoms with Gasteiger partial charge in [0.15, 0.2) is 0 Å². The molecule has 94 valence electrons. The van der Waals surface area contributed by atoms with Crippen LogP contribution < -0.4 is 22.3 Å². The van der Waals surface area contributed by atoms with E-state index in [1.807, 2.05) is 24.3 Å². The zero-order chi connectivity index (χ0) is 13.0. The Morgan fingerprint density at radius 1 is 1.17 bits per heavy atom. The van der Waals surface area contributed by atoms with Crippen molar-refractivity contribution in [2.24, 2.45) is 5.84 Å². The number of aromatic nitrogens is 2. The van der Waals surface area contributed by atoms with Gasteiger partial charge >= 0.3 is 0 Å². The van der Waals surface area contributed by atoms with Gasteiger partial charge in [0.1, 0.15) is 11.6 Å². The Kier molecular flexibility index (Phi) is 3.81. The third kappa shape index (κ3) is 3.22. The van der Waals surface area contributed by atoms with Crippen molar-refractivity contribution >= 4 is 29.2 Å². The van der Waals surface area contributed by atoms with Gasteiger partial charge in [-0.3, -0.25) is 0 Å². The van der Waals surface area contributed by atoms with Crippen molar-refractivity contribution in [2.75, 3.05) is 16.5 Å². The first kappa shape index (κ1) is 12.4. The zero-order valence-electron chi connectivity index (χ0n) is 9.52. The number of nitrogen functional groups attached to an aromatic ring is 2. The Balaban J connectivity index is 2.08. The van der Waals surface area contributed by atoms with Crippen LogP contribution in [0.15, 0.2) is 30.3 Å². The number of hydrogen-bond acceptors (Lipinski definition) is 6. The molecule has 18 heavy (non-hydrogen) atoms. The lowest BCUT2D eigenvalue weighted by Gasteiger charge is -2.08. The van der Waals surface area contributed by atoms with Gasteiger partial charge in [-0.1, -0.05) is 23.7 Å². The van der Waals surface area contributed by atoms with Gasteiger partial charge in [-0.05, 0) is 17.7 Å². The predicted octanol–water partition coefficient (Wildman–Crippen LogP) is 1.61. The Bertz CT molecular complexity index is 545. The molecule has 1 aromatic heterocycles. The molecule has 0 radical (unpaired) electrons. The molecule has 0 spiro atoms. The molecule has 1 aromatic carbocycles. The van der Waals surface area contributed by atoms with Gasteiger partial charge in [0.25, 0.3) is 0 Å². The second kappa shape index (κ2) is 5.52. The van der Waals surface area contributed by atoms with Crippen molar-refractivity contribution in [1.29, 1.82) is 0 Å². The normalized spacial score (nSPS) is 10.1. The summed E-state index contributed by atoms with van der Waals surface area (Å²) in [5.41, 5.74) is 9.02. The van der Waals surface area contributed by atoms with E-state index in [0.717, 1.165) is 5.56 Å². The molecule has 1 heterocycles. The van der Waals surface area contributed by atoms with E-state index in [1.165, 1.54) is 0 Å². The van der Waals surface area contributed by atoms with Crippen LogP contribution in [0.5, 0.6) is 0 Å². The standard InChI is InChI=1S/C11H13ClN6/c12-8-3-1-2-7(4-8)6-15-9-5-10(18-14)17-11(13)16-9/h1-5H,6,14H2,(H4,13,15,16,17,18). The summed E-state index contributed by atoms with van der Waals surface area (Å²) >= 11 is 5.90. The summed E-state index contributed by atoms with van der Waals surface area (Å²) in [4.78, 5) is 7.94. The van der Waals surface area contributed by atoms with Gasteiger partial charge < -0.3 is 16.5 Å². The number of rotatable bonds is 4. The first-order chi connectivity index (χ1) is 8.67. The summed E-state index contributed by atoms with van der Waals surface area (Å²) in [6, 6.07) is 9.22. The van der Waals surface area contributed by atoms with Crippen LogP contribution in [-0.4, -0.2) is 9.97 Å². The largest absolute Gasteiger partial charge is 0.368 e. The number of anilines is 3. The number of hydrazine groups is 1. The van der Waals surface area contributed by atoms with Crippen molar-refractivity contribution in [2.45, 2.75) is 6.54 Å². The van der Waals surface area contributed by atoms with Crippen molar-refractivity contribution in [3.8, 4) is 0 Å². The number of halogens is 1. The smallest absolute Gasteiger partial charge is 0.223 e. The van der Waals surface area contributed by atoms with E-state index in [9.17, 15) is 0 Å². The predicted molar refractivity (Wildman–Crippen MR) is 73.0 cm³/mol. The van der Waals surface area contributed by atoms with Crippen LogP contribution in [0.4, 0.5) is 17.6 Å². The molecule has 0 amide bonds. The average molecular weight is 265 g/mol. The molecule has 0 fully saturated rings. The van der Waals surface area contributed by atoms with Crippen LogP contribution in [0, 0.1) is 0 Å². The van der Waals surface area contributed by atoms with E-state index in [-0.39, 0.29) is 5.95 Å². The van der Waals surface area contributed by atoms with Gasteiger partial charge in [0, 0.05) is 17.6 Å². The highest BCUT2D eigenvalue weighted by Gasteiger charge is 2.01. The van der Waals surface area contributed by atoms with Crippen molar-refractivity contribution in [1.82, 2.24) is 9.97 Å². The van der Waals surface area contributed by atoms with E-state index in [1.54, 1.807) is 6.07 Å². The molecular weight excluding hydrogens is 252 g/mol. The van der Waals surface area contributed by atoms with Gasteiger partial charge in [-0.15, -0.1) is 0 Å². The van der Waals surface area contributed by atoms with Crippen LogP contribution in [0.2, 0.25) is 5.02 Å². The molecular formula is C11H13ClN6. The number of hydrogen-bond donors (Lipinski definition) is 4. The van der Waals surface area contributed by atoms with Crippen molar-refractivity contribution in [3.63, 3.8) is 0 Å². The number of nitrogens with zero attached hydrogens (tertiary/aromatic N) is 2. The van der Waals surface area contributed by atoms with Gasteiger partial charge in [-0.25, -0.2) is 5.84 Å². The molecule has 6 nitrogen and oxygen atoms in total. The highest BCUT2D eigenvalue weighted by molar-refractivity contribution is 6.30. The second-order valence-electron chi connectivity index (χ2n) is 3.62. The summed E-state index contributed by atoms with van der Waals surface area (Å²) in [6.45, 7) is 0.584. The molecule has 7 heteroatoms. The third-order valence-electron chi connectivity index (χ3n) is 2.25. The minimum atomic E-state index is 0.152. The molecule has 2 rings (SSSR count). The second-order valence-corrected chi connectivity index (χ2v) is 4.06. The molecule has 0 bridgehead atoms. The molecule has 0 saturated carbocycles. The molecule has 0 saturated heterocycles.